The second-order valence-corrected chi connectivity index (χ2v) is 11.3. The first-order valence-electron chi connectivity index (χ1n) is 14.5. The average molecular weight is 629 g/mol. The Hall–Kier alpha value is -4.49. The number of benzene rings is 3. The Morgan fingerprint density at radius 3 is 2.53 bits per heavy atom. The maximum Gasteiger partial charge on any atom is 0.416 e. The highest BCUT2D eigenvalue weighted by Crippen LogP contribution is 2.36. The Bertz CT molecular complexity index is 1530. The number of urea groups is 1. The van der Waals surface area contributed by atoms with Gasteiger partial charge in [0.15, 0.2) is 17.2 Å². The summed E-state index contributed by atoms with van der Waals surface area (Å²) in [6, 6.07) is 13.4. The number of fused-ring (bicyclic) bond motifs is 2. The van der Waals surface area contributed by atoms with Crippen LogP contribution in [0.4, 0.5) is 29.3 Å². The minimum absolute atomic E-state index is 0.149. The summed E-state index contributed by atoms with van der Waals surface area (Å²) in [6.07, 6.45) is -4.94. The molecule has 13 heteroatoms. The molecule has 0 bridgehead atoms. The van der Waals surface area contributed by atoms with Crippen LogP contribution < -0.4 is 24.8 Å². The molecule has 3 N–H and O–H groups in total. The molecule has 2 heterocycles. The lowest BCUT2D eigenvalue weighted by molar-refractivity contribution is -0.137. The molecule has 0 saturated heterocycles. The maximum absolute atomic E-state index is 13.7. The van der Waals surface area contributed by atoms with E-state index in [1.807, 2.05) is 32.2 Å². The number of carbonyl (C=O) groups is 2. The fourth-order valence-electron chi connectivity index (χ4n) is 5.31. The molecule has 45 heavy (non-hydrogen) atoms. The number of carbonyl (C=O) groups excluding carboxylic acids is 2. The number of nitrogens with zero attached hydrogens (tertiary/aromatic N) is 2. The van der Waals surface area contributed by atoms with Gasteiger partial charge < -0.3 is 34.9 Å². The van der Waals surface area contributed by atoms with Gasteiger partial charge in [-0.1, -0.05) is 19.1 Å². The van der Waals surface area contributed by atoms with Gasteiger partial charge in [-0.15, -0.1) is 0 Å². The third-order valence-electron chi connectivity index (χ3n) is 7.79. The van der Waals surface area contributed by atoms with Gasteiger partial charge in [0.05, 0.1) is 29.5 Å². The number of anilines is 2. The molecule has 3 aromatic carbocycles. The molecule has 0 aromatic heterocycles. The first-order valence-corrected chi connectivity index (χ1v) is 14.5. The first-order chi connectivity index (χ1) is 21.4. The summed E-state index contributed by atoms with van der Waals surface area (Å²) in [7, 11) is 1.95. The van der Waals surface area contributed by atoms with Crippen molar-refractivity contribution in [3.8, 4) is 17.2 Å². The predicted molar refractivity (Wildman–Crippen MR) is 161 cm³/mol. The summed E-state index contributed by atoms with van der Waals surface area (Å²) < 4.78 is 56.3. The largest absolute Gasteiger partial charge is 0.486 e. The van der Waals surface area contributed by atoms with Crippen LogP contribution in [0.15, 0.2) is 60.7 Å². The summed E-state index contributed by atoms with van der Waals surface area (Å²) in [4.78, 5) is 30.4. The Morgan fingerprint density at radius 2 is 1.82 bits per heavy atom. The number of amides is 3. The van der Waals surface area contributed by atoms with E-state index < -0.39 is 29.9 Å². The van der Waals surface area contributed by atoms with Crippen molar-refractivity contribution in [2.45, 2.75) is 38.7 Å². The van der Waals surface area contributed by atoms with Crippen molar-refractivity contribution < 1.29 is 42.1 Å². The lowest BCUT2D eigenvalue weighted by Gasteiger charge is -2.38. The number of aliphatic hydroxyl groups excluding tert-OH is 1. The van der Waals surface area contributed by atoms with Crippen molar-refractivity contribution in [1.29, 1.82) is 0 Å². The van der Waals surface area contributed by atoms with Crippen LogP contribution in [0.5, 0.6) is 17.2 Å². The molecule has 3 amide bonds. The number of halogens is 3. The van der Waals surface area contributed by atoms with E-state index in [1.54, 1.807) is 30.0 Å². The monoisotopic (exact) mass is 628 g/mol. The van der Waals surface area contributed by atoms with Gasteiger partial charge in [-0.25, -0.2) is 4.79 Å². The van der Waals surface area contributed by atoms with Crippen molar-refractivity contribution >= 4 is 23.3 Å². The number of alkyl halides is 3. The van der Waals surface area contributed by atoms with E-state index in [0.29, 0.717) is 31.1 Å². The van der Waals surface area contributed by atoms with Gasteiger partial charge in [-0.3, -0.25) is 9.69 Å². The smallest absolute Gasteiger partial charge is 0.416 e. The molecule has 0 radical (unpaired) electrons. The summed E-state index contributed by atoms with van der Waals surface area (Å²) in [5, 5.41) is 15.1. The van der Waals surface area contributed by atoms with E-state index >= 15 is 0 Å². The Morgan fingerprint density at radius 1 is 1.09 bits per heavy atom. The van der Waals surface area contributed by atoms with Gasteiger partial charge >= 0.3 is 12.2 Å². The lowest BCUT2D eigenvalue weighted by Crippen LogP contribution is -2.49. The van der Waals surface area contributed by atoms with Gasteiger partial charge in [-0.05, 0) is 68.1 Å². The predicted octanol–water partition coefficient (Wildman–Crippen LogP) is 5.43. The molecule has 3 aromatic rings. The standard InChI is InChI=1S/C32H35F3N4O6/c1-19-14-39(20(2)17-40)30(41)24-5-4-6-25(37-31(42)36-23-10-8-22(9-11-23)32(33,34)35)29(24)45-28(19)16-38(3)15-21-7-12-26-27(13-21)44-18-43-26/h4-13,19-20,28,40H,14-18H2,1-3H3,(H2,36,37,42)/t19-,20+,28+/m0/s1. The van der Waals surface area contributed by atoms with Crippen LogP contribution in [0.1, 0.15) is 35.3 Å². The molecular formula is C32H35F3N4O6. The molecule has 0 unspecified atom stereocenters. The van der Waals surface area contributed by atoms with Crippen molar-refractivity contribution in [2.75, 3.05) is 44.2 Å². The van der Waals surface area contributed by atoms with Gasteiger partial charge in [-0.2, -0.15) is 13.2 Å². The zero-order valence-corrected chi connectivity index (χ0v) is 25.1. The highest BCUT2D eigenvalue weighted by atomic mass is 19.4. The Balaban J connectivity index is 1.38. The minimum Gasteiger partial charge on any atom is -0.486 e. The minimum atomic E-state index is -4.50. The Kier molecular flexibility index (Phi) is 9.40. The van der Waals surface area contributed by atoms with Gasteiger partial charge in [0.25, 0.3) is 5.91 Å². The molecule has 0 saturated carbocycles. The van der Waals surface area contributed by atoms with Gasteiger partial charge in [0, 0.05) is 31.2 Å². The summed E-state index contributed by atoms with van der Waals surface area (Å²) in [5.41, 5.74) is 0.733. The second-order valence-electron chi connectivity index (χ2n) is 11.3. The molecular weight excluding hydrogens is 593 g/mol. The zero-order chi connectivity index (χ0) is 32.3. The number of nitrogens with one attached hydrogen (secondary N) is 2. The molecule has 0 spiro atoms. The van der Waals surface area contributed by atoms with Crippen LogP contribution in [0.2, 0.25) is 0 Å². The first kappa shape index (κ1) is 31.9. The normalized spacial score (nSPS) is 18.5. The number of ether oxygens (including phenoxy) is 3. The van der Waals surface area contributed by atoms with E-state index in [-0.39, 0.29) is 47.9 Å². The topological polar surface area (TPSA) is 113 Å². The van der Waals surface area contributed by atoms with Crippen LogP contribution in [-0.2, 0) is 12.7 Å². The molecule has 240 valence electrons. The van der Waals surface area contributed by atoms with Crippen LogP contribution in [0.25, 0.3) is 0 Å². The SMILES string of the molecule is C[C@H](CO)N1C[C@H](C)[C@@H](CN(C)Cc2ccc3c(c2)OCO3)Oc2c(NC(=O)Nc3ccc(C(F)(F)F)cc3)cccc2C1=O. The van der Waals surface area contributed by atoms with Crippen LogP contribution >= 0.6 is 0 Å². The highest BCUT2D eigenvalue weighted by molar-refractivity contribution is 6.04. The summed E-state index contributed by atoms with van der Waals surface area (Å²) >= 11 is 0. The number of aliphatic hydroxyl groups is 1. The van der Waals surface area contributed by atoms with Crippen LogP contribution in [0, 0.1) is 5.92 Å². The number of rotatable bonds is 8. The van der Waals surface area contributed by atoms with Crippen molar-refractivity contribution in [3.63, 3.8) is 0 Å². The molecule has 2 aliphatic heterocycles. The van der Waals surface area contributed by atoms with Crippen molar-refractivity contribution in [2.24, 2.45) is 5.92 Å². The van der Waals surface area contributed by atoms with Crippen molar-refractivity contribution in [3.05, 3.63) is 77.4 Å². The van der Waals surface area contributed by atoms with Crippen LogP contribution in [-0.4, -0.2) is 72.5 Å². The zero-order valence-electron chi connectivity index (χ0n) is 25.1. The number of para-hydroxylation sites is 1. The molecule has 0 aliphatic carbocycles. The van der Waals surface area contributed by atoms with E-state index in [4.69, 9.17) is 14.2 Å². The van der Waals surface area contributed by atoms with Crippen LogP contribution in [0.3, 0.4) is 0 Å². The average Bonchev–Trinajstić information content (AvgIpc) is 3.46. The lowest BCUT2D eigenvalue weighted by atomic mass is 9.99. The maximum atomic E-state index is 13.7. The van der Waals surface area contributed by atoms with Gasteiger partial charge in [0.2, 0.25) is 6.79 Å². The molecule has 10 nitrogen and oxygen atoms in total. The second kappa shape index (κ2) is 13.2. The quantitative estimate of drug-likeness (QED) is 0.305. The number of hydrogen-bond acceptors (Lipinski definition) is 7. The third kappa shape index (κ3) is 7.43. The van der Waals surface area contributed by atoms with E-state index in [1.165, 1.54) is 0 Å². The Labute approximate surface area is 258 Å². The van der Waals surface area contributed by atoms with Gasteiger partial charge in [0.1, 0.15) is 6.10 Å². The summed E-state index contributed by atoms with van der Waals surface area (Å²) in [5.74, 6) is 0.998. The number of likely N-dealkylation sites (N-methyl/N-ethyl adjacent to an activating group) is 1. The number of hydrogen-bond donors (Lipinski definition) is 3. The molecule has 5 rings (SSSR count). The van der Waals surface area contributed by atoms with E-state index in [2.05, 4.69) is 15.5 Å². The highest BCUT2D eigenvalue weighted by Gasteiger charge is 2.35. The van der Waals surface area contributed by atoms with E-state index in [0.717, 1.165) is 29.8 Å². The molecule has 2 aliphatic rings. The fourth-order valence-corrected chi connectivity index (χ4v) is 5.31. The summed E-state index contributed by atoms with van der Waals surface area (Å²) in [6.45, 7) is 5.01. The van der Waals surface area contributed by atoms with E-state index in [9.17, 15) is 27.9 Å². The third-order valence-corrected chi connectivity index (χ3v) is 7.79. The van der Waals surface area contributed by atoms with Crippen molar-refractivity contribution in [1.82, 2.24) is 9.80 Å². The fraction of sp³-hybridized carbons (Fsp3) is 0.375. The molecule has 3 atom stereocenters. The molecule has 0 fully saturated rings.